The Kier molecular flexibility index (Phi) is 6.68. The van der Waals surface area contributed by atoms with Crippen LogP contribution in [0.4, 0.5) is 5.69 Å². The third-order valence-corrected chi connectivity index (χ3v) is 4.19. The quantitative estimate of drug-likeness (QED) is 0.581. The Morgan fingerprint density at radius 3 is 2.24 bits per heavy atom. The van der Waals surface area contributed by atoms with Crippen molar-refractivity contribution >= 4 is 28.3 Å². The van der Waals surface area contributed by atoms with E-state index in [2.05, 4.69) is 5.32 Å². The van der Waals surface area contributed by atoms with Crippen LogP contribution in [0.25, 0.3) is 10.8 Å². The number of carbonyl (C=O) groups excluding carboxylic acids is 2. The van der Waals surface area contributed by atoms with Gasteiger partial charge in [0, 0.05) is 5.69 Å². The Labute approximate surface area is 169 Å². The largest absolute Gasteiger partial charge is 0.494 e. The van der Waals surface area contributed by atoms with Crippen LogP contribution in [0, 0.1) is 0 Å². The Balaban J connectivity index is 1.48. The van der Waals surface area contributed by atoms with E-state index in [1.807, 2.05) is 49.4 Å². The first kappa shape index (κ1) is 20.2. The van der Waals surface area contributed by atoms with Crippen LogP contribution in [-0.2, 0) is 14.3 Å². The minimum atomic E-state index is -0.946. The van der Waals surface area contributed by atoms with E-state index in [1.54, 1.807) is 24.3 Å². The van der Waals surface area contributed by atoms with E-state index in [0.717, 1.165) is 16.5 Å². The Morgan fingerprint density at radius 1 is 0.897 bits per heavy atom. The summed E-state index contributed by atoms with van der Waals surface area (Å²) in [5, 5.41) is 4.85. The number of nitrogens with one attached hydrogen (secondary N) is 1. The molecule has 150 valence electrons. The van der Waals surface area contributed by atoms with Gasteiger partial charge in [-0.05, 0) is 61.0 Å². The van der Waals surface area contributed by atoms with E-state index in [4.69, 9.17) is 14.2 Å². The van der Waals surface area contributed by atoms with Crippen LogP contribution in [0.15, 0.2) is 66.7 Å². The van der Waals surface area contributed by atoms with E-state index in [1.165, 1.54) is 6.92 Å². The number of esters is 1. The monoisotopic (exact) mass is 393 g/mol. The molecule has 0 unspecified atom stereocenters. The minimum Gasteiger partial charge on any atom is -0.494 e. The van der Waals surface area contributed by atoms with Gasteiger partial charge in [-0.1, -0.05) is 30.3 Å². The average molecular weight is 393 g/mol. The second kappa shape index (κ2) is 9.59. The van der Waals surface area contributed by atoms with Crippen molar-refractivity contribution in [2.75, 3.05) is 18.5 Å². The van der Waals surface area contributed by atoms with Gasteiger partial charge in [-0.2, -0.15) is 0 Å². The lowest BCUT2D eigenvalue weighted by Gasteiger charge is -2.14. The molecule has 3 rings (SSSR count). The molecule has 1 N–H and O–H groups in total. The van der Waals surface area contributed by atoms with Crippen molar-refractivity contribution in [1.29, 1.82) is 0 Å². The van der Waals surface area contributed by atoms with Gasteiger partial charge >= 0.3 is 5.97 Å². The molecule has 0 radical (unpaired) electrons. The molecular weight excluding hydrogens is 370 g/mol. The van der Waals surface area contributed by atoms with Crippen molar-refractivity contribution < 1.29 is 23.8 Å². The summed E-state index contributed by atoms with van der Waals surface area (Å²) < 4.78 is 15.9. The fraction of sp³-hybridized carbons (Fsp3) is 0.217. The van der Waals surface area contributed by atoms with Gasteiger partial charge in [0.1, 0.15) is 11.5 Å². The Bertz CT molecular complexity index is 984. The van der Waals surface area contributed by atoms with E-state index in [0.29, 0.717) is 18.0 Å². The fourth-order valence-electron chi connectivity index (χ4n) is 2.74. The van der Waals surface area contributed by atoms with Gasteiger partial charge in [-0.25, -0.2) is 4.79 Å². The molecule has 0 aliphatic carbocycles. The maximum Gasteiger partial charge on any atom is 0.344 e. The van der Waals surface area contributed by atoms with E-state index in [-0.39, 0.29) is 6.61 Å². The second-order valence-electron chi connectivity index (χ2n) is 6.38. The molecule has 0 heterocycles. The molecule has 0 bridgehead atoms. The normalized spacial score (nSPS) is 11.5. The SMILES string of the molecule is CCOc1ccc(OCC(=O)O[C@@H](C)C(=O)Nc2ccc3ccccc3c2)cc1. The molecule has 0 aliphatic rings. The first-order valence-corrected chi connectivity index (χ1v) is 9.40. The average Bonchev–Trinajstić information content (AvgIpc) is 2.73. The van der Waals surface area contributed by atoms with Crippen molar-refractivity contribution in [3.8, 4) is 11.5 Å². The highest BCUT2D eigenvalue weighted by atomic mass is 16.6. The zero-order valence-electron chi connectivity index (χ0n) is 16.4. The molecule has 3 aromatic rings. The van der Waals surface area contributed by atoms with Crippen molar-refractivity contribution in [1.82, 2.24) is 0 Å². The van der Waals surface area contributed by atoms with Crippen molar-refractivity contribution in [3.63, 3.8) is 0 Å². The standard InChI is InChI=1S/C23H23NO5/c1-3-27-20-10-12-21(13-11-20)28-15-22(25)29-16(2)23(26)24-19-9-8-17-6-4-5-7-18(17)14-19/h4-14,16H,3,15H2,1-2H3,(H,24,26)/t16-/m0/s1. The van der Waals surface area contributed by atoms with E-state index >= 15 is 0 Å². The van der Waals surface area contributed by atoms with Gasteiger partial charge in [0.05, 0.1) is 6.61 Å². The van der Waals surface area contributed by atoms with E-state index in [9.17, 15) is 9.59 Å². The van der Waals surface area contributed by atoms with Crippen molar-refractivity contribution in [2.45, 2.75) is 20.0 Å². The lowest BCUT2D eigenvalue weighted by molar-refractivity contribution is -0.155. The first-order chi connectivity index (χ1) is 14.0. The zero-order valence-corrected chi connectivity index (χ0v) is 16.4. The van der Waals surface area contributed by atoms with Crippen LogP contribution in [0.1, 0.15) is 13.8 Å². The number of rotatable bonds is 8. The summed E-state index contributed by atoms with van der Waals surface area (Å²) in [6, 6.07) is 20.4. The number of carbonyl (C=O) groups is 2. The topological polar surface area (TPSA) is 73.9 Å². The molecule has 0 fully saturated rings. The molecule has 0 aliphatic heterocycles. The van der Waals surface area contributed by atoms with Gasteiger partial charge < -0.3 is 19.5 Å². The minimum absolute atomic E-state index is 0.290. The number of fused-ring (bicyclic) bond motifs is 1. The predicted molar refractivity (Wildman–Crippen MR) is 111 cm³/mol. The van der Waals surface area contributed by atoms with Crippen LogP contribution >= 0.6 is 0 Å². The first-order valence-electron chi connectivity index (χ1n) is 9.40. The number of ether oxygens (including phenoxy) is 3. The maximum absolute atomic E-state index is 12.3. The highest BCUT2D eigenvalue weighted by Crippen LogP contribution is 2.19. The molecule has 6 heteroatoms. The molecule has 0 saturated heterocycles. The summed E-state index contributed by atoms with van der Waals surface area (Å²) in [5.74, 6) is 0.204. The Hall–Kier alpha value is -3.54. The molecule has 0 aromatic heterocycles. The van der Waals surface area contributed by atoms with Gasteiger partial charge in [0.15, 0.2) is 12.7 Å². The van der Waals surface area contributed by atoms with Crippen LogP contribution in [0.3, 0.4) is 0 Å². The van der Waals surface area contributed by atoms with Crippen molar-refractivity contribution in [2.24, 2.45) is 0 Å². The molecule has 3 aromatic carbocycles. The lowest BCUT2D eigenvalue weighted by atomic mass is 10.1. The van der Waals surface area contributed by atoms with Gasteiger partial charge in [0.25, 0.3) is 5.91 Å². The van der Waals surface area contributed by atoms with Crippen molar-refractivity contribution in [3.05, 3.63) is 66.7 Å². The molecule has 1 amide bonds. The number of hydrogen-bond acceptors (Lipinski definition) is 5. The summed E-state index contributed by atoms with van der Waals surface area (Å²) >= 11 is 0. The molecule has 29 heavy (non-hydrogen) atoms. The fourth-order valence-corrected chi connectivity index (χ4v) is 2.74. The van der Waals surface area contributed by atoms with Gasteiger partial charge in [-0.3, -0.25) is 4.79 Å². The third kappa shape index (κ3) is 5.72. The highest BCUT2D eigenvalue weighted by Gasteiger charge is 2.18. The van der Waals surface area contributed by atoms with Crippen LogP contribution < -0.4 is 14.8 Å². The molecule has 0 saturated carbocycles. The number of benzene rings is 3. The summed E-state index contributed by atoms with van der Waals surface area (Å²) in [5.41, 5.74) is 0.641. The second-order valence-corrected chi connectivity index (χ2v) is 6.38. The van der Waals surface area contributed by atoms with Gasteiger partial charge in [-0.15, -0.1) is 0 Å². The smallest absolute Gasteiger partial charge is 0.344 e. The zero-order chi connectivity index (χ0) is 20.6. The number of hydrogen-bond donors (Lipinski definition) is 1. The van der Waals surface area contributed by atoms with Crippen LogP contribution in [-0.4, -0.2) is 31.2 Å². The highest BCUT2D eigenvalue weighted by molar-refractivity contribution is 5.97. The summed E-state index contributed by atoms with van der Waals surface area (Å²) in [6.45, 7) is 3.70. The maximum atomic E-state index is 12.3. The molecular formula is C23H23NO5. The third-order valence-electron chi connectivity index (χ3n) is 4.19. The predicted octanol–water partition coefficient (Wildman–Crippen LogP) is 4.19. The summed E-state index contributed by atoms with van der Waals surface area (Å²) in [7, 11) is 0. The van der Waals surface area contributed by atoms with Crippen LogP contribution in [0.5, 0.6) is 11.5 Å². The van der Waals surface area contributed by atoms with Crippen LogP contribution in [0.2, 0.25) is 0 Å². The molecule has 6 nitrogen and oxygen atoms in total. The molecule has 1 atom stereocenters. The Morgan fingerprint density at radius 2 is 1.55 bits per heavy atom. The van der Waals surface area contributed by atoms with Gasteiger partial charge in [0.2, 0.25) is 0 Å². The van der Waals surface area contributed by atoms with E-state index < -0.39 is 18.0 Å². The lowest BCUT2D eigenvalue weighted by Crippen LogP contribution is -2.31. The summed E-state index contributed by atoms with van der Waals surface area (Å²) in [4.78, 5) is 24.3. The summed E-state index contributed by atoms with van der Waals surface area (Å²) in [6.07, 6.45) is -0.946. The molecule has 0 spiro atoms. The number of amides is 1. The number of anilines is 1.